The third-order valence-corrected chi connectivity index (χ3v) is 1.59. The first-order valence-corrected chi connectivity index (χ1v) is 3.61. The summed E-state index contributed by atoms with van der Waals surface area (Å²) in [6, 6.07) is 0. The van der Waals surface area contributed by atoms with Gasteiger partial charge in [-0.3, -0.25) is 24.5 Å². The highest BCUT2D eigenvalue weighted by Crippen LogP contribution is 2.03. The maximum Gasteiger partial charge on any atom is 0.253 e. The predicted octanol–water partition coefficient (Wildman–Crippen LogP) is -1.19. The largest absolute Gasteiger partial charge is 0.289 e. The zero-order valence-corrected chi connectivity index (χ0v) is 6.69. The zero-order valence-electron chi connectivity index (χ0n) is 6.69. The van der Waals surface area contributed by atoms with Gasteiger partial charge in [-0.1, -0.05) is 0 Å². The van der Waals surface area contributed by atoms with E-state index < -0.39 is 17.7 Å². The van der Waals surface area contributed by atoms with E-state index in [0.717, 1.165) is 17.1 Å². The Morgan fingerprint density at radius 2 is 1.92 bits per heavy atom. The van der Waals surface area contributed by atoms with E-state index in [1.165, 1.54) is 5.48 Å². The lowest BCUT2D eigenvalue weighted by atomic mass is 10.4. The number of hydrogen-bond acceptors (Lipinski definition) is 4. The van der Waals surface area contributed by atoms with E-state index in [0.29, 0.717) is 0 Å². The van der Waals surface area contributed by atoms with Gasteiger partial charge in [0.05, 0.1) is 0 Å². The first-order valence-electron chi connectivity index (χ1n) is 3.61. The molecule has 0 aliphatic carbocycles. The summed E-state index contributed by atoms with van der Waals surface area (Å²) in [4.78, 5) is 33.3. The number of nitrogens with zero attached hydrogens (tertiary/aromatic N) is 1. The fourth-order valence-electron chi connectivity index (χ4n) is 0.921. The van der Waals surface area contributed by atoms with Crippen molar-refractivity contribution in [3.63, 3.8) is 0 Å². The fourth-order valence-corrected chi connectivity index (χ4v) is 0.921. The van der Waals surface area contributed by atoms with Gasteiger partial charge in [0.1, 0.15) is 0 Å². The summed E-state index contributed by atoms with van der Waals surface area (Å²) in [6.45, 7) is -0.0168. The second-order valence-electron chi connectivity index (χ2n) is 2.45. The Morgan fingerprint density at radius 3 is 2.38 bits per heavy atom. The molecule has 1 aliphatic rings. The number of hydroxylamine groups is 1. The van der Waals surface area contributed by atoms with Gasteiger partial charge in [-0.2, -0.15) is 0 Å². The van der Waals surface area contributed by atoms with E-state index >= 15 is 0 Å². The minimum Gasteiger partial charge on any atom is -0.289 e. The fraction of sp³-hybridized carbons (Fsp3) is 0.286. The van der Waals surface area contributed by atoms with Gasteiger partial charge in [0.25, 0.3) is 11.8 Å². The van der Waals surface area contributed by atoms with Gasteiger partial charge >= 0.3 is 0 Å². The molecule has 6 heteroatoms. The Morgan fingerprint density at radius 1 is 1.38 bits per heavy atom. The Balaban J connectivity index is 2.42. The predicted molar refractivity (Wildman–Crippen MR) is 40.4 cm³/mol. The number of amides is 3. The van der Waals surface area contributed by atoms with Crippen molar-refractivity contribution in [2.75, 3.05) is 6.54 Å². The highest BCUT2D eigenvalue weighted by atomic mass is 16.5. The Kier molecular flexibility index (Phi) is 2.76. The van der Waals surface area contributed by atoms with Gasteiger partial charge in [-0.05, 0) is 0 Å². The minimum atomic E-state index is -0.632. The molecular formula is C7H8N2O4. The number of nitrogens with one attached hydrogen (secondary N) is 1. The lowest BCUT2D eigenvalue weighted by molar-refractivity contribution is -0.137. The summed E-state index contributed by atoms with van der Waals surface area (Å²) in [6.07, 6.45) is 2.17. The van der Waals surface area contributed by atoms with Crippen LogP contribution in [0.3, 0.4) is 0 Å². The maximum atomic E-state index is 10.9. The number of imide groups is 1. The SMILES string of the molecule is O=C(CCN1C(=O)C=CC1=O)NO. The molecule has 70 valence electrons. The number of carbonyl (C=O) groups excluding carboxylic acids is 3. The molecular weight excluding hydrogens is 176 g/mol. The van der Waals surface area contributed by atoms with Crippen LogP contribution >= 0.6 is 0 Å². The van der Waals surface area contributed by atoms with Crippen molar-refractivity contribution < 1.29 is 19.6 Å². The average Bonchev–Trinajstić information content (AvgIpc) is 2.43. The van der Waals surface area contributed by atoms with Crippen LogP contribution in [-0.2, 0) is 14.4 Å². The Bertz CT molecular complexity index is 266. The van der Waals surface area contributed by atoms with Gasteiger partial charge in [0, 0.05) is 25.1 Å². The number of rotatable bonds is 3. The molecule has 0 fully saturated rings. The van der Waals surface area contributed by atoms with Crippen molar-refractivity contribution >= 4 is 17.7 Å². The van der Waals surface area contributed by atoms with E-state index in [-0.39, 0.29) is 13.0 Å². The average molecular weight is 184 g/mol. The van der Waals surface area contributed by atoms with Crippen molar-refractivity contribution in [2.45, 2.75) is 6.42 Å². The molecule has 0 saturated heterocycles. The highest BCUT2D eigenvalue weighted by molar-refractivity contribution is 6.13. The van der Waals surface area contributed by atoms with Gasteiger partial charge in [-0.25, -0.2) is 5.48 Å². The number of carbonyl (C=O) groups is 3. The molecule has 3 amide bonds. The lowest BCUT2D eigenvalue weighted by Crippen LogP contribution is -2.33. The van der Waals surface area contributed by atoms with Crippen molar-refractivity contribution in [1.82, 2.24) is 10.4 Å². The molecule has 0 atom stereocenters. The molecule has 2 N–H and O–H groups in total. The summed E-state index contributed by atoms with van der Waals surface area (Å²) >= 11 is 0. The molecule has 0 saturated carbocycles. The highest BCUT2D eigenvalue weighted by Gasteiger charge is 2.23. The van der Waals surface area contributed by atoms with E-state index in [4.69, 9.17) is 5.21 Å². The molecule has 0 aromatic carbocycles. The second-order valence-corrected chi connectivity index (χ2v) is 2.45. The van der Waals surface area contributed by atoms with Crippen LogP contribution in [0.5, 0.6) is 0 Å². The monoisotopic (exact) mass is 184 g/mol. The Hall–Kier alpha value is -1.69. The molecule has 0 spiro atoms. The summed E-state index contributed by atoms with van der Waals surface area (Å²) in [5.41, 5.74) is 1.41. The van der Waals surface area contributed by atoms with Gasteiger partial charge in [-0.15, -0.1) is 0 Å². The molecule has 1 rings (SSSR count). The molecule has 0 bridgehead atoms. The Labute approximate surface area is 73.8 Å². The summed E-state index contributed by atoms with van der Waals surface area (Å²) < 4.78 is 0. The number of hydrogen-bond donors (Lipinski definition) is 2. The van der Waals surface area contributed by atoms with Crippen molar-refractivity contribution in [1.29, 1.82) is 0 Å². The molecule has 13 heavy (non-hydrogen) atoms. The van der Waals surface area contributed by atoms with Crippen LogP contribution in [-0.4, -0.2) is 34.4 Å². The van der Waals surface area contributed by atoms with Crippen molar-refractivity contribution in [2.24, 2.45) is 0 Å². The molecule has 6 nitrogen and oxygen atoms in total. The quantitative estimate of drug-likeness (QED) is 0.328. The lowest BCUT2D eigenvalue weighted by Gasteiger charge is -2.11. The molecule has 1 heterocycles. The van der Waals surface area contributed by atoms with E-state index in [1.807, 2.05) is 0 Å². The van der Waals surface area contributed by atoms with Gasteiger partial charge < -0.3 is 0 Å². The van der Waals surface area contributed by atoms with Crippen LogP contribution in [0.1, 0.15) is 6.42 Å². The standard InChI is InChI=1S/C7H8N2O4/c10-5(8-13)3-4-9-6(11)1-2-7(9)12/h1-2,13H,3-4H2,(H,8,10). The normalized spacial score (nSPS) is 15.3. The van der Waals surface area contributed by atoms with Gasteiger partial charge in [0.2, 0.25) is 5.91 Å². The van der Waals surface area contributed by atoms with Crippen molar-refractivity contribution in [3.8, 4) is 0 Å². The van der Waals surface area contributed by atoms with Crippen LogP contribution in [0.25, 0.3) is 0 Å². The van der Waals surface area contributed by atoms with E-state index in [2.05, 4.69) is 0 Å². The summed E-state index contributed by atoms with van der Waals surface area (Å²) in [5.74, 6) is -1.50. The molecule has 0 aromatic rings. The maximum absolute atomic E-state index is 10.9. The molecule has 0 unspecified atom stereocenters. The topological polar surface area (TPSA) is 86.7 Å². The van der Waals surface area contributed by atoms with E-state index in [9.17, 15) is 14.4 Å². The van der Waals surface area contributed by atoms with Crippen molar-refractivity contribution in [3.05, 3.63) is 12.2 Å². The van der Waals surface area contributed by atoms with Crippen LogP contribution < -0.4 is 5.48 Å². The molecule has 1 aliphatic heterocycles. The zero-order chi connectivity index (χ0) is 9.84. The van der Waals surface area contributed by atoms with Gasteiger partial charge in [0.15, 0.2) is 0 Å². The third-order valence-electron chi connectivity index (χ3n) is 1.59. The smallest absolute Gasteiger partial charge is 0.253 e. The molecule has 0 radical (unpaired) electrons. The van der Waals surface area contributed by atoms with Crippen LogP contribution in [0.15, 0.2) is 12.2 Å². The first kappa shape index (κ1) is 9.40. The third kappa shape index (κ3) is 2.12. The van der Waals surface area contributed by atoms with E-state index in [1.54, 1.807) is 0 Å². The molecule has 0 aromatic heterocycles. The summed E-state index contributed by atoms with van der Waals surface area (Å²) in [5, 5.41) is 8.14. The first-order chi connectivity index (χ1) is 6.15. The minimum absolute atomic E-state index is 0.0168. The van der Waals surface area contributed by atoms with Crippen LogP contribution in [0.4, 0.5) is 0 Å². The van der Waals surface area contributed by atoms with Crippen LogP contribution in [0.2, 0.25) is 0 Å². The second kappa shape index (κ2) is 3.81. The summed E-state index contributed by atoms with van der Waals surface area (Å²) in [7, 11) is 0. The van der Waals surface area contributed by atoms with Crippen LogP contribution in [0, 0.1) is 0 Å².